The van der Waals surface area contributed by atoms with Crippen LogP contribution in [0.25, 0.3) is 17.1 Å². The highest BCUT2D eigenvalue weighted by molar-refractivity contribution is 6.26. The second kappa shape index (κ2) is 10.7. The van der Waals surface area contributed by atoms with Crippen molar-refractivity contribution in [2.75, 3.05) is 0 Å². The normalized spacial score (nSPS) is 17.3. The lowest BCUT2D eigenvalue weighted by Gasteiger charge is -2.20. The standard InChI is InChI=1S/C36H44N4O/c1-9-20-19-29-25(14-6)27-17-18-28(37-27)26(15-7)33-23(12-4)24(13-5)34(40(33)16-8)36-32-22(11-3)21(10-2)31(39-32)35(41-36)30(20)38-29/h17-19,39H,9-16H2,1-8H3. The van der Waals surface area contributed by atoms with Crippen LogP contribution in [-0.2, 0) is 37.0 Å². The van der Waals surface area contributed by atoms with Crippen molar-refractivity contribution >= 4 is 28.5 Å². The van der Waals surface area contributed by atoms with Gasteiger partial charge in [0.1, 0.15) is 5.70 Å². The number of hydrogen-bond donors (Lipinski definition) is 1. The molecule has 0 radical (unpaired) electrons. The van der Waals surface area contributed by atoms with Crippen LogP contribution in [0.2, 0.25) is 0 Å². The number of rotatable bonds is 8. The van der Waals surface area contributed by atoms with Gasteiger partial charge in [0, 0.05) is 17.7 Å². The maximum absolute atomic E-state index is 7.21. The molecule has 1 N–H and O–H groups in total. The first-order chi connectivity index (χ1) is 20.0. The van der Waals surface area contributed by atoms with Crippen LogP contribution in [0.15, 0.2) is 50.8 Å². The van der Waals surface area contributed by atoms with Gasteiger partial charge >= 0.3 is 0 Å². The molecule has 2 aromatic heterocycles. The van der Waals surface area contributed by atoms with Gasteiger partial charge < -0.3 is 14.3 Å². The van der Waals surface area contributed by atoms with Gasteiger partial charge in [-0.05, 0) is 97.9 Å². The van der Waals surface area contributed by atoms with E-state index >= 15 is 0 Å². The number of hydrogen-bond acceptors (Lipinski definition) is 3. The Morgan fingerprint density at radius 1 is 0.634 bits per heavy atom. The number of nitrogens with zero attached hydrogens (tertiary/aromatic N) is 3. The molecule has 4 aliphatic rings. The highest BCUT2D eigenvalue weighted by Gasteiger charge is 2.34. The molecule has 6 heterocycles. The molecule has 0 fully saturated rings. The van der Waals surface area contributed by atoms with E-state index in [1.165, 1.54) is 49.7 Å². The Balaban J connectivity index is 1.92. The van der Waals surface area contributed by atoms with Gasteiger partial charge in [0.15, 0.2) is 11.5 Å². The summed E-state index contributed by atoms with van der Waals surface area (Å²) in [6.07, 6.45) is 13.2. The first kappa shape index (κ1) is 27.6. The van der Waals surface area contributed by atoms with Crippen LogP contribution in [0.3, 0.4) is 0 Å². The van der Waals surface area contributed by atoms with Crippen LogP contribution in [0.1, 0.15) is 108 Å². The second-order valence-corrected chi connectivity index (χ2v) is 11.2. The summed E-state index contributed by atoms with van der Waals surface area (Å²) in [6.45, 7) is 18.9. The molecule has 0 saturated carbocycles. The Kier molecular flexibility index (Phi) is 7.17. The summed E-state index contributed by atoms with van der Waals surface area (Å²) >= 11 is 0. The zero-order valence-electron chi connectivity index (χ0n) is 26.1. The molecule has 0 unspecified atom stereocenters. The van der Waals surface area contributed by atoms with Gasteiger partial charge in [0.2, 0.25) is 0 Å². The molecular formula is C36H44N4O. The predicted molar refractivity (Wildman–Crippen MR) is 172 cm³/mol. The first-order valence-electron chi connectivity index (χ1n) is 15.9. The van der Waals surface area contributed by atoms with E-state index in [1.54, 1.807) is 0 Å². The summed E-state index contributed by atoms with van der Waals surface area (Å²) in [7, 11) is 0. The van der Waals surface area contributed by atoms with E-state index < -0.39 is 0 Å². The van der Waals surface area contributed by atoms with E-state index in [4.69, 9.17) is 14.7 Å². The van der Waals surface area contributed by atoms with Crippen LogP contribution in [-0.4, -0.2) is 21.0 Å². The number of fused-ring (bicyclic) bond motifs is 10. The molecule has 0 saturated heterocycles. The number of allylic oxidation sites excluding steroid dienone is 5. The number of aromatic nitrogens is 2. The smallest absolute Gasteiger partial charge is 0.177 e. The van der Waals surface area contributed by atoms with Gasteiger partial charge in [0.25, 0.3) is 0 Å². The van der Waals surface area contributed by atoms with Crippen molar-refractivity contribution in [3.63, 3.8) is 0 Å². The quantitative estimate of drug-likeness (QED) is 0.380. The third-order valence-corrected chi connectivity index (χ3v) is 9.30. The lowest BCUT2D eigenvalue weighted by Crippen LogP contribution is -2.33. The Hall–Kier alpha value is -3.60. The topological polar surface area (TPSA) is 54.7 Å². The molecule has 214 valence electrons. The van der Waals surface area contributed by atoms with Crippen LogP contribution in [0, 0.1) is 0 Å². The van der Waals surface area contributed by atoms with Gasteiger partial charge in [-0.1, -0.05) is 48.5 Å². The predicted octanol–water partition coefficient (Wildman–Crippen LogP) is 6.98. The monoisotopic (exact) mass is 548 g/mol. The maximum atomic E-state index is 7.21. The molecule has 2 aromatic rings. The fourth-order valence-electron chi connectivity index (χ4n) is 7.43. The summed E-state index contributed by atoms with van der Waals surface area (Å²) in [5.41, 5.74) is 15.6. The number of H-pyrrole nitrogens is 1. The number of ether oxygens (including phenoxy) is 1. The molecule has 0 amide bonds. The molecule has 5 nitrogen and oxygen atoms in total. The molecule has 5 heteroatoms. The Morgan fingerprint density at radius 2 is 1.27 bits per heavy atom. The van der Waals surface area contributed by atoms with Gasteiger partial charge in [-0.3, -0.25) is 0 Å². The summed E-state index contributed by atoms with van der Waals surface area (Å²) in [4.78, 5) is 14.5. The van der Waals surface area contributed by atoms with Crippen molar-refractivity contribution in [1.29, 1.82) is 0 Å². The molecule has 0 aromatic carbocycles. The van der Waals surface area contributed by atoms with Crippen molar-refractivity contribution < 1.29 is 4.74 Å². The minimum atomic E-state index is 0.859. The minimum absolute atomic E-state index is 0.859. The average Bonchev–Trinajstić information content (AvgIpc) is 3.77. The van der Waals surface area contributed by atoms with Gasteiger partial charge in [-0.2, -0.15) is 0 Å². The van der Waals surface area contributed by atoms with E-state index in [1.807, 2.05) is 0 Å². The van der Waals surface area contributed by atoms with Crippen LogP contribution in [0.4, 0.5) is 0 Å². The minimum Gasteiger partial charge on any atom is -0.448 e. The molecule has 4 aliphatic heterocycles. The van der Waals surface area contributed by atoms with E-state index in [9.17, 15) is 0 Å². The number of aliphatic imine (C=N–C) groups is 2. The first-order valence-corrected chi connectivity index (χ1v) is 15.9. The van der Waals surface area contributed by atoms with Crippen molar-refractivity contribution in [2.24, 2.45) is 9.98 Å². The second-order valence-electron chi connectivity index (χ2n) is 11.2. The summed E-state index contributed by atoms with van der Waals surface area (Å²) in [6, 6.07) is 0. The Labute approximate surface area is 244 Å². The third-order valence-electron chi connectivity index (χ3n) is 9.30. The molecule has 6 rings (SSSR count). The average molecular weight is 549 g/mol. The van der Waals surface area contributed by atoms with E-state index in [0.29, 0.717) is 0 Å². The Bertz CT molecular complexity index is 1770. The zero-order chi connectivity index (χ0) is 29.0. The molecule has 0 aliphatic carbocycles. The fraction of sp³-hybridized carbons (Fsp3) is 0.444. The molecule has 0 atom stereocenters. The largest absolute Gasteiger partial charge is 0.448 e. The van der Waals surface area contributed by atoms with Crippen molar-refractivity contribution in [1.82, 2.24) is 9.55 Å². The molecule has 41 heavy (non-hydrogen) atoms. The third kappa shape index (κ3) is 3.88. The fourth-order valence-corrected chi connectivity index (χ4v) is 7.43. The lowest BCUT2D eigenvalue weighted by molar-refractivity contribution is 0.444. The van der Waals surface area contributed by atoms with Crippen molar-refractivity contribution in [2.45, 2.75) is 107 Å². The summed E-state index contributed by atoms with van der Waals surface area (Å²) in [5.74, 6) is 1.83. The van der Waals surface area contributed by atoms with Crippen LogP contribution < -0.4 is 10.7 Å². The maximum Gasteiger partial charge on any atom is 0.177 e. The van der Waals surface area contributed by atoms with Crippen LogP contribution in [0.5, 0.6) is 0 Å². The number of aromatic amines is 1. The van der Waals surface area contributed by atoms with Crippen LogP contribution >= 0.6 is 0 Å². The van der Waals surface area contributed by atoms with E-state index in [0.717, 1.165) is 97.2 Å². The van der Waals surface area contributed by atoms with Gasteiger partial charge in [0.05, 0.1) is 39.2 Å². The molecule has 0 spiro atoms. The van der Waals surface area contributed by atoms with Crippen molar-refractivity contribution in [3.8, 4) is 0 Å². The summed E-state index contributed by atoms with van der Waals surface area (Å²) < 4.78 is 9.74. The Morgan fingerprint density at radius 3 is 1.85 bits per heavy atom. The van der Waals surface area contributed by atoms with E-state index in [-0.39, 0.29) is 0 Å². The van der Waals surface area contributed by atoms with Gasteiger partial charge in [-0.25, -0.2) is 9.98 Å². The van der Waals surface area contributed by atoms with Crippen molar-refractivity contribution in [3.05, 3.63) is 85.1 Å². The SMILES string of the molecule is CCC1=CC2=NC1=C1OC(=c3c(CC)c(CC)c(n3CC)=C(CC)C3=NC(=C2CC)C=C3)c2[nH]c1c(CC)c2CC. The summed E-state index contributed by atoms with van der Waals surface area (Å²) in [5, 5.41) is 2.54. The molecule has 10 bridgehead atoms. The van der Waals surface area contributed by atoms with E-state index in [2.05, 4.69) is 83.2 Å². The number of nitrogens with one attached hydrogen (secondary N) is 1. The molecular weight excluding hydrogens is 504 g/mol. The van der Waals surface area contributed by atoms with Gasteiger partial charge in [-0.15, -0.1) is 0 Å². The lowest BCUT2D eigenvalue weighted by atomic mass is 10.00. The highest BCUT2D eigenvalue weighted by atomic mass is 16.5. The zero-order valence-corrected chi connectivity index (χ0v) is 26.1. The highest BCUT2D eigenvalue weighted by Crippen LogP contribution is 2.43.